The van der Waals surface area contributed by atoms with Gasteiger partial charge in [0.15, 0.2) is 0 Å². The summed E-state index contributed by atoms with van der Waals surface area (Å²) in [7, 11) is 1.41. The van der Waals surface area contributed by atoms with Crippen LogP contribution in [0.1, 0.15) is 23.1 Å². The molecule has 0 fully saturated rings. The van der Waals surface area contributed by atoms with Crippen molar-refractivity contribution in [1.29, 1.82) is 0 Å². The van der Waals surface area contributed by atoms with Crippen LogP contribution in [0.4, 0.5) is 14.9 Å². The first kappa shape index (κ1) is 20.3. The molecule has 0 aliphatic heterocycles. The Morgan fingerprint density at radius 2 is 1.96 bits per heavy atom. The van der Waals surface area contributed by atoms with Crippen molar-refractivity contribution in [1.82, 2.24) is 5.01 Å². The zero-order valence-corrected chi connectivity index (χ0v) is 15.4. The molecular formula is C19H24FN5O2. The smallest absolute Gasteiger partial charge is 0.352 e. The maximum Gasteiger partial charge on any atom is 0.352 e. The van der Waals surface area contributed by atoms with E-state index in [4.69, 9.17) is 16.5 Å². The number of nitrogens with zero attached hydrogens (tertiary/aromatic N) is 3. The molecule has 2 aromatic carbocycles. The predicted molar refractivity (Wildman–Crippen MR) is 103 cm³/mol. The number of amides is 2. The number of nitrogens with two attached hydrogens (primary N) is 2. The van der Waals surface area contributed by atoms with Crippen molar-refractivity contribution in [2.75, 3.05) is 18.7 Å². The summed E-state index contributed by atoms with van der Waals surface area (Å²) in [6.07, 6.45) is 2.68. The lowest BCUT2D eigenvalue weighted by Crippen LogP contribution is -2.49. The van der Waals surface area contributed by atoms with E-state index >= 15 is 0 Å². The van der Waals surface area contributed by atoms with Crippen molar-refractivity contribution in [2.24, 2.45) is 16.8 Å². The van der Waals surface area contributed by atoms with Gasteiger partial charge in [0.25, 0.3) is 0 Å². The summed E-state index contributed by atoms with van der Waals surface area (Å²) >= 11 is 0. The molecule has 0 radical (unpaired) electrons. The Kier molecular flexibility index (Phi) is 7.27. The van der Waals surface area contributed by atoms with Gasteiger partial charge in [0.1, 0.15) is 12.4 Å². The number of aryl methyl sites for hydroxylation is 2. The second-order valence-corrected chi connectivity index (χ2v) is 6.03. The Morgan fingerprint density at radius 1 is 1.22 bits per heavy atom. The van der Waals surface area contributed by atoms with Crippen LogP contribution < -0.4 is 16.7 Å². The van der Waals surface area contributed by atoms with Crippen LogP contribution in [0.15, 0.2) is 47.6 Å². The topological polar surface area (TPSA) is 97.2 Å². The van der Waals surface area contributed by atoms with Crippen molar-refractivity contribution in [2.45, 2.75) is 19.8 Å². The average Bonchev–Trinajstić information content (AvgIpc) is 2.65. The summed E-state index contributed by atoms with van der Waals surface area (Å²) in [6, 6.07) is 11.4. The molecule has 0 saturated heterocycles. The summed E-state index contributed by atoms with van der Waals surface area (Å²) < 4.78 is 13.5. The van der Waals surface area contributed by atoms with Crippen LogP contribution in [0, 0.1) is 12.7 Å². The molecule has 0 aromatic heterocycles. The molecule has 0 saturated carbocycles. The number of hydrogen-bond acceptors (Lipinski definition) is 5. The highest BCUT2D eigenvalue weighted by atomic mass is 19.1. The third-order valence-corrected chi connectivity index (χ3v) is 3.96. The van der Waals surface area contributed by atoms with Gasteiger partial charge >= 0.3 is 6.03 Å². The highest BCUT2D eigenvalue weighted by Gasteiger charge is 2.17. The van der Waals surface area contributed by atoms with E-state index in [0.29, 0.717) is 36.3 Å². The van der Waals surface area contributed by atoms with Crippen LogP contribution in [0.2, 0.25) is 0 Å². The molecular weight excluding hydrogens is 349 g/mol. The molecule has 0 unspecified atom stereocenters. The molecule has 2 rings (SSSR count). The molecule has 27 heavy (non-hydrogen) atoms. The van der Waals surface area contributed by atoms with Crippen LogP contribution in [-0.4, -0.2) is 30.9 Å². The van der Waals surface area contributed by atoms with Gasteiger partial charge in [0.2, 0.25) is 0 Å². The molecule has 2 aromatic rings. The van der Waals surface area contributed by atoms with Crippen molar-refractivity contribution < 1.29 is 14.0 Å². The van der Waals surface area contributed by atoms with Gasteiger partial charge in [-0.25, -0.2) is 25.9 Å². The first-order chi connectivity index (χ1) is 12.9. The first-order valence-electron chi connectivity index (χ1n) is 8.47. The lowest BCUT2D eigenvalue weighted by Gasteiger charge is -2.22. The maximum atomic E-state index is 13.5. The zero-order chi connectivity index (χ0) is 19.8. The highest BCUT2D eigenvalue weighted by Crippen LogP contribution is 2.21. The fourth-order valence-electron chi connectivity index (χ4n) is 2.49. The average molecular weight is 373 g/mol. The van der Waals surface area contributed by atoms with E-state index in [9.17, 15) is 9.18 Å². The van der Waals surface area contributed by atoms with Gasteiger partial charge in [-0.1, -0.05) is 35.5 Å². The lowest BCUT2D eigenvalue weighted by molar-refractivity contribution is 0.143. The predicted octanol–water partition coefficient (Wildman–Crippen LogP) is 2.72. The van der Waals surface area contributed by atoms with Crippen LogP contribution in [-0.2, 0) is 11.3 Å². The van der Waals surface area contributed by atoms with Crippen LogP contribution in [0.25, 0.3) is 0 Å². The van der Waals surface area contributed by atoms with E-state index in [2.05, 4.69) is 5.16 Å². The van der Waals surface area contributed by atoms with E-state index in [0.717, 1.165) is 15.6 Å². The van der Waals surface area contributed by atoms with Gasteiger partial charge < -0.3 is 4.84 Å². The monoisotopic (exact) mass is 373 g/mol. The maximum absolute atomic E-state index is 13.5. The molecule has 2 amide bonds. The first-order valence-corrected chi connectivity index (χ1v) is 8.47. The molecule has 0 aliphatic rings. The van der Waals surface area contributed by atoms with Gasteiger partial charge in [0.05, 0.1) is 11.9 Å². The second-order valence-electron chi connectivity index (χ2n) is 6.03. The van der Waals surface area contributed by atoms with E-state index in [1.807, 2.05) is 13.0 Å². The quantitative estimate of drug-likeness (QED) is 0.256. The standard InChI is InChI=1S/C19H24FN5O2/c1-14-7-5-11-18(25(22)19(26)24(2)21)16(14)13-23-27-12-6-9-15-8-3-4-10-17(15)20/h3-5,7-8,10-11,13H,6,9,12,21-22H2,1-2H3/b23-13-. The number of anilines is 1. The van der Waals surface area contributed by atoms with Crippen molar-refractivity contribution in [3.63, 3.8) is 0 Å². The van der Waals surface area contributed by atoms with Crippen molar-refractivity contribution in [3.05, 3.63) is 65.0 Å². The van der Waals surface area contributed by atoms with Gasteiger partial charge in [-0.3, -0.25) is 5.01 Å². The fraction of sp³-hybridized carbons (Fsp3) is 0.263. The minimum absolute atomic E-state index is 0.219. The molecule has 0 bridgehead atoms. The second kappa shape index (κ2) is 9.65. The molecule has 0 heterocycles. The van der Waals surface area contributed by atoms with Crippen LogP contribution in [0.5, 0.6) is 0 Å². The molecule has 7 nitrogen and oxygen atoms in total. The number of hydrogen-bond donors (Lipinski definition) is 2. The van der Waals surface area contributed by atoms with E-state index in [-0.39, 0.29) is 5.82 Å². The molecule has 0 atom stereocenters. The lowest BCUT2D eigenvalue weighted by atomic mass is 10.1. The molecule has 0 aliphatic carbocycles. The number of oxime groups is 1. The minimum Gasteiger partial charge on any atom is -0.396 e. The van der Waals surface area contributed by atoms with Gasteiger partial charge in [0, 0.05) is 12.6 Å². The summed E-state index contributed by atoms with van der Waals surface area (Å²) in [5.41, 5.74) is 2.61. The summed E-state index contributed by atoms with van der Waals surface area (Å²) in [5.74, 6) is 11.1. The van der Waals surface area contributed by atoms with Gasteiger partial charge in [-0.15, -0.1) is 0 Å². The van der Waals surface area contributed by atoms with Crippen LogP contribution in [0.3, 0.4) is 0 Å². The van der Waals surface area contributed by atoms with Gasteiger partial charge in [-0.2, -0.15) is 0 Å². The Morgan fingerprint density at radius 3 is 2.67 bits per heavy atom. The Labute approximate surface area is 157 Å². The fourth-order valence-corrected chi connectivity index (χ4v) is 2.49. The number of carbonyl (C=O) groups is 1. The third-order valence-electron chi connectivity index (χ3n) is 3.96. The Hall–Kier alpha value is -2.97. The zero-order valence-electron chi connectivity index (χ0n) is 15.4. The molecule has 144 valence electrons. The minimum atomic E-state index is -0.568. The van der Waals surface area contributed by atoms with Gasteiger partial charge in [-0.05, 0) is 43.0 Å². The largest absolute Gasteiger partial charge is 0.396 e. The number of benzene rings is 2. The number of halogens is 1. The molecule has 4 N–H and O–H groups in total. The molecule has 0 spiro atoms. The summed E-state index contributed by atoms with van der Waals surface area (Å²) in [5, 5.41) is 5.79. The Bertz CT molecular complexity index is 810. The van der Waals surface area contributed by atoms with Crippen molar-refractivity contribution >= 4 is 17.9 Å². The summed E-state index contributed by atoms with van der Waals surface area (Å²) in [6.45, 7) is 2.20. The number of rotatable bonds is 7. The van der Waals surface area contributed by atoms with Crippen molar-refractivity contribution in [3.8, 4) is 0 Å². The number of urea groups is 1. The van der Waals surface area contributed by atoms with E-state index in [1.165, 1.54) is 19.3 Å². The Balaban J connectivity index is 1.96. The van der Waals surface area contributed by atoms with E-state index < -0.39 is 6.03 Å². The molecule has 8 heteroatoms. The van der Waals surface area contributed by atoms with E-state index in [1.54, 1.807) is 30.3 Å². The number of carbonyl (C=O) groups excluding carboxylic acids is 1. The summed E-state index contributed by atoms with van der Waals surface area (Å²) in [4.78, 5) is 17.2. The SMILES string of the molecule is Cc1cccc(N(N)C(=O)N(C)N)c1/C=N\OCCCc1ccccc1F. The number of hydrazine groups is 2. The highest BCUT2D eigenvalue weighted by molar-refractivity contribution is 5.98. The third kappa shape index (κ3) is 5.50. The normalized spacial score (nSPS) is 10.9. The van der Waals surface area contributed by atoms with Crippen LogP contribution >= 0.6 is 0 Å².